The highest BCUT2D eigenvalue weighted by atomic mass is 16.5. The van der Waals surface area contributed by atoms with E-state index in [1.54, 1.807) is 48.5 Å². The van der Waals surface area contributed by atoms with Gasteiger partial charge in [-0.05, 0) is 48.5 Å². The molecule has 0 radical (unpaired) electrons. The summed E-state index contributed by atoms with van der Waals surface area (Å²) in [6.45, 7) is 0. The van der Waals surface area contributed by atoms with Gasteiger partial charge < -0.3 is 9.47 Å². The third kappa shape index (κ3) is 3.14. The van der Waals surface area contributed by atoms with Gasteiger partial charge >= 0.3 is 5.97 Å². The molecule has 3 heteroatoms. The first-order chi connectivity index (χ1) is 9.22. The molecule has 0 aliphatic heterocycles. The average Bonchev–Trinajstić information content (AvgIpc) is 2.48. The predicted octanol–water partition coefficient (Wildman–Crippen LogP) is 3.25. The van der Waals surface area contributed by atoms with E-state index in [4.69, 9.17) is 11.2 Å². The van der Waals surface area contributed by atoms with Crippen LogP contribution in [0.3, 0.4) is 0 Å². The fraction of sp³-hybridized carbons (Fsp3) is 0.0625. The third-order valence-electron chi connectivity index (χ3n) is 2.53. The minimum absolute atomic E-state index is 0.370. The maximum Gasteiger partial charge on any atom is 0.337 e. The number of hydrogen-bond acceptors (Lipinski definition) is 3. The van der Waals surface area contributed by atoms with Crippen molar-refractivity contribution in [3.05, 3.63) is 59.7 Å². The van der Waals surface area contributed by atoms with Crippen molar-refractivity contribution in [1.29, 1.82) is 0 Å². The van der Waals surface area contributed by atoms with Gasteiger partial charge in [0, 0.05) is 5.56 Å². The quantitative estimate of drug-likeness (QED) is 0.621. The van der Waals surface area contributed by atoms with Crippen LogP contribution in [0.2, 0.25) is 0 Å². The lowest BCUT2D eigenvalue weighted by atomic mass is 10.2. The zero-order valence-corrected chi connectivity index (χ0v) is 10.4. The Morgan fingerprint density at radius 3 is 2.00 bits per heavy atom. The molecule has 0 amide bonds. The first-order valence-corrected chi connectivity index (χ1v) is 5.66. The molecule has 0 fully saturated rings. The summed E-state index contributed by atoms with van der Waals surface area (Å²) < 4.78 is 10.2. The molecule has 0 unspecified atom stereocenters. The van der Waals surface area contributed by atoms with Crippen molar-refractivity contribution in [3.8, 4) is 23.8 Å². The maximum atomic E-state index is 11.3. The lowest BCUT2D eigenvalue weighted by Crippen LogP contribution is -2.00. The van der Waals surface area contributed by atoms with Crippen LogP contribution < -0.4 is 4.74 Å². The molecule has 0 saturated carbocycles. The van der Waals surface area contributed by atoms with Crippen molar-refractivity contribution in [2.45, 2.75) is 0 Å². The van der Waals surface area contributed by atoms with Crippen LogP contribution in [0.15, 0.2) is 48.5 Å². The molecule has 0 aromatic heterocycles. The zero-order valence-electron chi connectivity index (χ0n) is 10.4. The fourth-order valence-corrected chi connectivity index (χ4v) is 1.53. The van der Waals surface area contributed by atoms with Crippen molar-refractivity contribution in [3.63, 3.8) is 0 Å². The molecular weight excluding hydrogens is 240 g/mol. The number of methoxy groups -OCH3 is 1. The number of benzene rings is 2. The van der Waals surface area contributed by atoms with Crippen LogP contribution in [0.5, 0.6) is 11.5 Å². The first kappa shape index (κ1) is 12.7. The van der Waals surface area contributed by atoms with E-state index in [2.05, 4.69) is 10.7 Å². The molecule has 0 aliphatic carbocycles. The molecule has 0 heterocycles. The predicted molar refractivity (Wildman–Crippen MR) is 72.2 cm³/mol. The molecule has 2 aromatic rings. The second-order valence-electron chi connectivity index (χ2n) is 3.79. The Balaban J connectivity index is 2.10. The minimum atomic E-state index is -0.370. The summed E-state index contributed by atoms with van der Waals surface area (Å²) in [5.74, 6) is 3.49. The van der Waals surface area contributed by atoms with E-state index in [1.807, 2.05) is 0 Å². The highest BCUT2D eigenvalue weighted by Crippen LogP contribution is 2.22. The van der Waals surface area contributed by atoms with Gasteiger partial charge in [-0.3, -0.25) is 0 Å². The maximum absolute atomic E-state index is 11.3. The molecule has 94 valence electrons. The van der Waals surface area contributed by atoms with E-state index < -0.39 is 0 Å². The van der Waals surface area contributed by atoms with Crippen LogP contribution in [0.4, 0.5) is 0 Å². The van der Waals surface area contributed by atoms with Gasteiger partial charge in [0.25, 0.3) is 0 Å². The van der Waals surface area contributed by atoms with Gasteiger partial charge in [0.15, 0.2) is 0 Å². The molecule has 0 bridgehead atoms. The number of hydrogen-bond donors (Lipinski definition) is 0. The number of ether oxygens (including phenoxy) is 2. The summed E-state index contributed by atoms with van der Waals surface area (Å²) in [4.78, 5) is 11.3. The van der Waals surface area contributed by atoms with Gasteiger partial charge in [0.05, 0.1) is 12.7 Å². The Kier molecular flexibility index (Phi) is 3.84. The molecule has 0 N–H and O–H groups in total. The second kappa shape index (κ2) is 5.74. The van der Waals surface area contributed by atoms with Crippen LogP contribution in [-0.4, -0.2) is 13.1 Å². The van der Waals surface area contributed by atoms with Gasteiger partial charge in [0.1, 0.15) is 11.5 Å². The minimum Gasteiger partial charge on any atom is -0.465 e. The van der Waals surface area contributed by atoms with Gasteiger partial charge in [-0.1, -0.05) is 5.92 Å². The Labute approximate surface area is 111 Å². The lowest BCUT2D eigenvalue weighted by molar-refractivity contribution is 0.0600. The van der Waals surface area contributed by atoms with Gasteiger partial charge in [-0.15, -0.1) is 6.42 Å². The Morgan fingerprint density at radius 2 is 1.53 bits per heavy atom. The summed E-state index contributed by atoms with van der Waals surface area (Å²) in [5.41, 5.74) is 1.28. The SMILES string of the molecule is C#Cc1ccc(Oc2ccc(C(=O)OC)cc2)cc1. The zero-order chi connectivity index (χ0) is 13.7. The second-order valence-corrected chi connectivity index (χ2v) is 3.79. The van der Waals surface area contributed by atoms with Crippen molar-refractivity contribution >= 4 is 5.97 Å². The number of carbonyl (C=O) groups is 1. The molecule has 2 aromatic carbocycles. The molecule has 0 atom stereocenters. The average molecular weight is 252 g/mol. The normalized spacial score (nSPS) is 9.47. The summed E-state index contributed by atoms with van der Waals surface area (Å²) in [7, 11) is 1.35. The van der Waals surface area contributed by atoms with Crippen LogP contribution in [0, 0.1) is 12.3 Å². The standard InChI is InChI=1S/C16H12O3/c1-3-12-4-8-14(9-5-12)19-15-10-6-13(7-11-15)16(17)18-2/h1,4-11H,2H3. The van der Waals surface area contributed by atoms with Gasteiger partial charge in [0.2, 0.25) is 0 Å². The smallest absolute Gasteiger partial charge is 0.337 e. The first-order valence-electron chi connectivity index (χ1n) is 5.66. The molecule has 0 spiro atoms. The Morgan fingerprint density at radius 1 is 1.00 bits per heavy atom. The van der Waals surface area contributed by atoms with E-state index in [0.29, 0.717) is 17.1 Å². The van der Waals surface area contributed by atoms with Crippen molar-refractivity contribution in [1.82, 2.24) is 0 Å². The topological polar surface area (TPSA) is 35.5 Å². The van der Waals surface area contributed by atoms with E-state index >= 15 is 0 Å². The van der Waals surface area contributed by atoms with Gasteiger partial charge in [-0.25, -0.2) is 4.79 Å². The highest BCUT2D eigenvalue weighted by Gasteiger charge is 2.05. The van der Waals surface area contributed by atoms with Crippen LogP contribution >= 0.6 is 0 Å². The number of rotatable bonds is 3. The fourth-order valence-electron chi connectivity index (χ4n) is 1.53. The van der Waals surface area contributed by atoms with Crippen LogP contribution in [-0.2, 0) is 4.74 Å². The van der Waals surface area contributed by atoms with Crippen LogP contribution in [0.1, 0.15) is 15.9 Å². The molecule has 19 heavy (non-hydrogen) atoms. The van der Waals surface area contributed by atoms with E-state index in [0.717, 1.165) is 5.56 Å². The molecule has 0 saturated heterocycles. The van der Waals surface area contributed by atoms with Crippen molar-refractivity contribution in [2.24, 2.45) is 0 Å². The Hall–Kier alpha value is -2.73. The van der Waals surface area contributed by atoms with E-state index in [9.17, 15) is 4.79 Å². The summed E-state index contributed by atoms with van der Waals surface area (Å²) in [6, 6.07) is 13.9. The number of carbonyl (C=O) groups excluding carboxylic acids is 1. The van der Waals surface area contributed by atoms with Crippen molar-refractivity contribution in [2.75, 3.05) is 7.11 Å². The monoisotopic (exact) mass is 252 g/mol. The molecular formula is C16H12O3. The summed E-state index contributed by atoms with van der Waals surface area (Å²) >= 11 is 0. The van der Waals surface area contributed by atoms with E-state index in [-0.39, 0.29) is 5.97 Å². The Bertz CT molecular complexity index is 604. The van der Waals surface area contributed by atoms with Crippen LogP contribution in [0.25, 0.3) is 0 Å². The highest BCUT2D eigenvalue weighted by molar-refractivity contribution is 5.89. The lowest BCUT2D eigenvalue weighted by Gasteiger charge is -2.06. The third-order valence-corrected chi connectivity index (χ3v) is 2.53. The van der Waals surface area contributed by atoms with Gasteiger partial charge in [-0.2, -0.15) is 0 Å². The number of terminal acetylenes is 1. The van der Waals surface area contributed by atoms with E-state index in [1.165, 1.54) is 7.11 Å². The molecule has 3 nitrogen and oxygen atoms in total. The van der Waals surface area contributed by atoms with Crippen molar-refractivity contribution < 1.29 is 14.3 Å². The summed E-state index contributed by atoms with van der Waals surface area (Å²) in [5, 5.41) is 0. The largest absolute Gasteiger partial charge is 0.465 e. The number of esters is 1. The molecule has 0 aliphatic rings. The summed E-state index contributed by atoms with van der Waals surface area (Å²) in [6.07, 6.45) is 5.28. The molecule has 2 rings (SSSR count).